The van der Waals surface area contributed by atoms with E-state index in [2.05, 4.69) is 6.58 Å². The third-order valence-corrected chi connectivity index (χ3v) is 1.78. The molecule has 0 heterocycles. The van der Waals surface area contributed by atoms with Gasteiger partial charge in [0.05, 0.1) is 0 Å². The Hall–Kier alpha value is -1.04. The Bertz CT molecular complexity index is 229. The maximum absolute atomic E-state index is 12.1. The predicted octanol–water partition coefficient (Wildman–Crippen LogP) is 1.99. The Morgan fingerprint density at radius 3 is 2.56 bits per heavy atom. The minimum absolute atomic E-state index is 0.0182. The quantitative estimate of drug-likeness (QED) is 0.502. The van der Waals surface area contributed by atoms with Crippen LogP contribution in [0.1, 0.15) is 13.3 Å². The summed E-state index contributed by atoms with van der Waals surface area (Å²) in [5.41, 5.74) is 0. The number of carbonyl (C=O) groups is 1. The van der Waals surface area contributed by atoms with Gasteiger partial charge in [-0.15, -0.1) is 0 Å². The van der Waals surface area contributed by atoms with Gasteiger partial charge in [-0.3, -0.25) is 4.79 Å². The van der Waals surface area contributed by atoms with Crippen LogP contribution < -0.4 is 0 Å². The lowest BCUT2D eigenvalue weighted by Gasteiger charge is -2.22. The molecule has 0 bridgehead atoms. The van der Waals surface area contributed by atoms with Gasteiger partial charge in [0.15, 0.2) is 0 Å². The first kappa shape index (κ1) is 15.0. The molecular weight excluding hydrogens is 223 g/mol. The maximum Gasteiger partial charge on any atom is 0.406 e. The largest absolute Gasteiger partial charge is 0.406 e. The Kier molecular flexibility index (Phi) is 6.80. The topological polar surface area (TPSA) is 29.5 Å². The van der Waals surface area contributed by atoms with Crippen LogP contribution in [0.25, 0.3) is 0 Å². The molecule has 0 fully saturated rings. The molecule has 6 heteroatoms. The molecule has 0 saturated heterocycles. The molecule has 94 valence electrons. The minimum Gasteiger partial charge on any atom is -0.382 e. The Morgan fingerprint density at radius 2 is 2.12 bits per heavy atom. The molecule has 0 N–H and O–H groups in total. The first-order valence-corrected chi connectivity index (χ1v) is 4.96. The van der Waals surface area contributed by atoms with Crippen LogP contribution >= 0.6 is 0 Å². The molecule has 0 spiro atoms. The van der Waals surface area contributed by atoms with E-state index >= 15 is 0 Å². The van der Waals surface area contributed by atoms with Gasteiger partial charge in [0.25, 0.3) is 0 Å². The summed E-state index contributed by atoms with van der Waals surface area (Å²) in [5, 5.41) is 0. The van der Waals surface area contributed by atoms with Crippen LogP contribution in [-0.4, -0.2) is 43.3 Å². The zero-order valence-electron chi connectivity index (χ0n) is 9.22. The van der Waals surface area contributed by atoms with E-state index in [0.29, 0.717) is 24.5 Å². The minimum atomic E-state index is -4.38. The number of alkyl halides is 3. The summed E-state index contributed by atoms with van der Waals surface area (Å²) in [7, 11) is 0. The number of hydrogen-bond acceptors (Lipinski definition) is 2. The number of halogens is 3. The number of nitrogens with zero attached hydrogens (tertiary/aromatic N) is 1. The number of carbonyl (C=O) groups excluding carboxylic acids is 1. The van der Waals surface area contributed by atoms with Crippen molar-refractivity contribution in [2.24, 2.45) is 0 Å². The summed E-state index contributed by atoms with van der Waals surface area (Å²) >= 11 is 0. The lowest BCUT2D eigenvalue weighted by molar-refractivity contribution is -0.158. The molecule has 0 aromatic heterocycles. The highest BCUT2D eigenvalue weighted by atomic mass is 19.4. The molecule has 0 rings (SSSR count). The van der Waals surface area contributed by atoms with E-state index in [0.717, 1.165) is 6.08 Å². The average molecular weight is 239 g/mol. The predicted molar refractivity (Wildman–Crippen MR) is 53.9 cm³/mol. The van der Waals surface area contributed by atoms with Crippen LogP contribution in [0.4, 0.5) is 13.2 Å². The number of ether oxygens (including phenoxy) is 1. The number of amides is 1. The lowest BCUT2D eigenvalue weighted by Crippen LogP contribution is -2.39. The third kappa shape index (κ3) is 7.28. The molecule has 0 unspecified atom stereocenters. The zero-order chi connectivity index (χ0) is 12.6. The molecule has 0 aliphatic rings. The van der Waals surface area contributed by atoms with Crippen LogP contribution in [0.5, 0.6) is 0 Å². The first-order valence-electron chi connectivity index (χ1n) is 4.96. The van der Waals surface area contributed by atoms with Crippen molar-refractivity contribution in [1.29, 1.82) is 0 Å². The highest BCUT2D eigenvalue weighted by molar-refractivity contribution is 5.87. The second-order valence-electron chi connectivity index (χ2n) is 3.13. The van der Waals surface area contributed by atoms with Gasteiger partial charge in [-0.2, -0.15) is 13.2 Å². The van der Waals surface area contributed by atoms with Gasteiger partial charge in [0.1, 0.15) is 6.54 Å². The molecule has 0 aromatic rings. The summed E-state index contributed by atoms with van der Waals surface area (Å²) in [5.74, 6) is -0.714. The van der Waals surface area contributed by atoms with Crippen molar-refractivity contribution in [2.45, 2.75) is 19.5 Å². The lowest BCUT2D eigenvalue weighted by atomic mass is 10.3. The third-order valence-electron chi connectivity index (χ3n) is 1.78. The summed E-state index contributed by atoms with van der Waals surface area (Å²) in [6, 6.07) is 0. The second-order valence-corrected chi connectivity index (χ2v) is 3.13. The van der Waals surface area contributed by atoms with Crippen LogP contribution in [0.15, 0.2) is 12.7 Å². The zero-order valence-corrected chi connectivity index (χ0v) is 9.22. The molecule has 0 aliphatic carbocycles. The van der Waals surface area contributed by atoms with Gasteiger partial charge in [-0.25, -0.2) is 0 Å². The summed E-state index contributed by atoms with van der Waals surface area (Å²) in [6.45, 7) is 4.58. The molecule has 3 nitrogen and oxygen atoms in total. The first-order chi connectivity index (χ1) is 7.40. The van der Waals surface area contributed by atoms with Crippen molar-refractivity contribution in [3.63, 3.8) is 0 Å². The highest BCUT2D eigenvalue weighted by Gasteiger charge is 2.31. The van der Waals surface area contributed by atoms with Crippen molar-refractivity contribution >= 4 is 5.91 Å². The molecule has 16 heavy (non-hydrogen) atoms. The van der Waals surface area contributed by atoms with Crippen LogP contribution in [-0.2, 0) is 9.53 Å². The molecular formula is C10H16F3NO2. The van der Waals surface area contributed by atoms with Gasteiger partial charge in [-0.1, -0.05) is 6.58 Å². The van der Waals surface area contributed by atoms with Crippen molar-refractivity contribution in [2.75, 3.05) is 26.3 Å². The van der Waals surface area contributed by atoms with Crippen molar-refractivity contribution in [3.8, 4) is 0 Å². The number of hydrogen-bond donors (Lipinski definition) is 0. The van der Waals surface area contributed by atoms with E-state index in [1.165, 1.54) is 0 Å². The summed E-state index contributed by atoms with van der Waals surface area (Å²) in [4.78, 5) is 11.8. The van der Waals surface area contributed by atoms with Crippen molar-refractivity contribution in [3.05, 3.63) is 12.7 Å². The van der Waals surface area contributed by atoms with Gasteiger partial charge >= 0.3 is 6.18 Å². The van der Waals surface area contributed by atoms with E-state index in [4.69, 9.17) is 4.74 Å². The van der Waals surface area contributed by atoms with Gasteiger partial charge in [0, 0.05) is 19.8 Å². The fourth-order valence-corrected chi connectivity index (χ4v) is 1.11. The average Bonchev–Trinajstić information content (AvgIpc) is 2.19. The second kappa shape index (κ2) is 7.27. The fourth-order valence-electron chi connectivity index (χ4n) is 1.11. The Morgan fingerprint density at radius 1 is 1.50 bits per heavy atom. The standard InChI is InChI=1S/C10H16F3NO2/c1-3-9(15)14(8-10(11,12)13)6-5-7-16-4-2/h3H,1,4-8H2,2H3. The van der Waals surface area contributed by atoms with Crippen molar-refractivity contribution in [1.82, 2.24) is 4.90 Å². The fraction of sp³-hybridized carbons (Fsp3) is 0.700. The van der Waals surface area contributed by atoms with E-state index in [1.807, 2.05) is 0 Å². The molecule has 0 aliphatic heterocycles. The Labute approximate surface area is 92.9 Å². The molecule has 0 aromatic carbocycles. The van der Waals surface area contributed by atoms with Gasteiger partial charge in [0.2, 0.25) is 5.91 Å². The summed E-state index contributed by atoms with van der Waals surface area (Å²) < 4.78 is 41.3. The van der Waals surface area contributed by atoms with Crippen LogP contribution in [0.2, 0.25) is 0 Å². The molecule has 0 atom stereocenters. The van der Waals surface area contributed by atoms with Crippen molar-refractivity contribution < 1.29 is 22.7 Å². The molecule has 1 amide bonds. The highest BCUT2D eigenvalue weighted by Crippen LogP contribution is 2.16. The van der Waals surface area contributed by atoms with E-state index in [-0.39, 0.29) is 6.54 Å². The van der Waals surface area contributed by atoms with Crippen LogP contribution in [0, 0.1) is 0 Å². The van der Waals surface area contributed by atoms with E-state index in [1.54, 1.807) is 6.92 Å². The van der Waals surface area contributed by atoms with E-state index < -0.39 is 18.6 Å². The Balaban J connectivity index is 4.11. The summed E-state index contributed by atoms with van der Waals surface area (Å²) in [6.07, 6.45) is -3.12. The van der Waals surface area contributed by atoms with Gasteiger partial charge in [-0.05, 0) is 19.4 Å². The normalized spacial score (nSPS) is 11.2. The monoisotopic (exact) mass is 239 g/mol. The number of rotatable bonds is 7. The molecule has 0 radical (unpaired) electrons. The van der Waals surface area contributed by atoms with E-state index in [9.17, 15) is 18.0 Å². The SMILES string of the molecule is C=CC(=O)N(CCCOCC)CC(F)(F)F. The van der Waals surface area contributed by atoms with Gasteiger partial charge < -0.3 is 9.64 Å². The smallest absolute Gasteiger partial charge is 0.382 e. The maximum atomic E-state index is 12.1. The molecule has 0 saturated carbocycles. The van der Waals surface area contributed by atoms with Crippen LogP contribution in [0.3, 0.4) is 0 Å².